The Morgan fingerprint density at radius 3 is 2.28 bits per heavy atom. The number of aliphatic carboxylic acids is 1. The molecule has 0 saturated carbocycles. The van der Waals surface area contributed by atoms with Gasteiger partial charge in [-0.05, 0) is 40.0 Å². The number of nitrogens with two attached hydrogens (primary N) is 1. The van der Waals surface area contributed by atoms with Crippen molar-refractivity contribution in [1.29, 1.82) is 0 Å². The van der Waals surface area contributed by atoms with Crippen LogP contribution < -0.4 is 5.73 Å². The molecule has 2 aliphatic rings. The third kappa shape index (κ3) is 11.3. The van der Waals surface area contributed by atoms with Gasteiger partial charge in [-0.15, -0.1) is 0 Å². The summed E-state index contributed by atoms with van der Waals surface area (Å²) in [4.78, 5) is 35.9. The molecule has 5 N–H and O–H groups in total. The van der Waals surface area contributed by atoms with Crippen LogP contribution in [0.3, 0.4) is 0 Å². The van der Waals surface area contributed by atoms with E-state index in [-0.39, 0.29) is 45.3 Å². The zero-order chi connectivity index (χ0) is 29.1. The summed E-state index contributed by atoms with van der Waals surface area (Å²) in [6, 6.07) is 0. The van der Waals surface area contributed by atoms with Crippen molar-refractivity contribution >= 4 is 17.9 Å². The Morgan fingerprint density at radius 2 is 1.62 bits per heavy atom. The highest BCUT2D eigenvalue weighted by Crippen LogP contribution is 2.28. The lowest BCUT2D eigenvalue weighted by molar-refractivity contribution is -0.280. The predicted molar refractivity (Wildman–Crippen MR) is 135 cm³/mol. The van der Waals surface area contributed by atoms with E-state index in [0.29, 0.717) is 12.8 Å². The predicted octanol–water partition coefficient (Wildman–Crippen LogP) is 0.853. The first kappa shape index (κ1) is 33.3. The van der Waals surface area contributed by atoms with Crippen LogP contribution in [0.2, 0.25) is 0 Å². The van der Waals surface area contributed by atoms with E-state index in [1.54, 1.807) is 27.7 Å². The average molecular weight is 564 g/mol. The van der Waals surface area contributed by atoms with Crippen LogP contribution in [0, 0.1) is 5.92 Å². The molecule has 0 amide bonds. The number of rotatable bonds is 15. The first-order valence-corrected chi connectivity index (χ1v) is 13.7. The topological polar surface area (TPSA) is 193 Å². The SMILES string of the molecule is CC1O[C@@H](OCCCCC(=O)O[C@H]2C[C@@H](OC(=O)[C@H](C)CN)C(C)O[C@H]2O[C@H](C)CCC(=O)O)[C@@H](O)C[C@H]1O. The second-order valence-corrected chi connectivity index (χ2v) is 10.4. The van der Waals surface area contributed by atoms with Crippen molar-refractivity contribution in [1.82, 2.24) is 0 Å². The monoisotopic (exact) mass is 563 g/mol. The fourth-order valence-corrected chi connectivity index (χ4v) is 4.16. The fourth-order valence-electron chi connectivity index (χ4n) is 4.16. The summed E-state index contributed by atoms with van der Waals surface area (Å²) in [6.07, 6.45) is -5.02. The van der Waals surface area contributed by atoms with E-state index < -0.39 is 79.1 Å². The number of hydrogen-bond acceptors (Lipinski definition) is 12. The van der Waals surface area contributed by atoms with Crippen LogP contribution in [-0.2, 0) is 42.8 Å². The van der Waals surface area contributed by atoms with E-state index in [1.165, 1.54) is 0 Å². The van der Waals surface area contributed by atoms with E-state index in [4.69, 9.17) is 39.3 Å². The molecule has 0 spiro atoms. The van der Waals surface area contributed by atoms with Gasteiger partial charge in [-0.25, -0.2) is 0 Å². The lowest BCUT2D eigenvalue weighted by atomic mass is 10.0. The minimum Gasteiger partial charge on any atom is -0.481 e. The highest BCUT2D eigenvalue weighted by Gasteiger charge is 2.42. The molecule has 2 heterocycles. The molecule has 13 heteroatoms. The second-order valence-electron chi connectivity index (χ2n) is 10.4. The number of esters is 2. The summed E-state index contributed by atoms with van der Waals surface area (Å²) in [5, 5.41) is 28.7. The van der Waals surface area contributed by atoms with Crippen LogP contribution in [0.15, 0.2) is 0 Å². The maximum Gasteiger partial charge on any atom is 0.310 e. The maximum atomic E-state index is 12.6. The number of aliphatic hydroxyl groups is 2. The molecule has 2 aliphatic heterocycles. The van der Waals surface area contributed by atoms with Crippen molar-refractivity contribution in [3.63, 3.8) is 0 Å². The van der Waals surface area contributed by atoms with Crippen LogP contribution in [0.5, 0.6) is 0 Å². The first-order valence-electron chi connectivity index (χ1n) is 13.7. The molecule has 2 saturated heterocycles. The summed E-state index contributed by atoms with van der Waals surface area (Å²) >= 11 is 0. The Bertz CT molecular complexity index is 782. The highest BCUT2D eigenvalue weighted by molar-refractivity contribution is 5.72. The third-order valence-corrected chi connectivity index (χ3v) is 6.82. The smallest absolute Gasteiger partial charge is 0.310 e. The summed E-state index contributed by atoms with van der Waals surface area (Å²) in [6.45, 7) is 7.15. The number of carboxylic acid groups (broad SMARTS) is 1. The Kier molecular flexibility index (Phi) is 14.0. The van der Waals surface area contributed by atoms with Gasteiger partial charge in [0.2, 0.25) is 0 Å². The van der Waals surface area contributed by atoms with Crippen molar-refractivity contribution in [2.75, 3.05) is 13.2 Å². The van der Waals surface area contributed by atoms with E-state index in [9.17, 15) is 24.6 Å². The van der Waals surface area contributed by atoms with Crippen molar-refractivity contribution < 1.29 is 58.1 Å². The van der Waals surface area contributed by atoms with Gasteiger partial charge in [0, 0.05) is 38.8 Å². The van der Waals surface area contributed by atoms with Crippen molar-refractivity contribution in [2.24, 2.45) is 11.7 Å². The molecule has 0 aromatic heterocycles. The second kappa shape index (κ2) is 16.4. The molecule has 0 bridgehead atoms. The van der Waals surface area contributed by atoms with Gasteiger partial charge < -0.3 is 49.5 Å². The van der Waals surface area contributed by atoms with E-state index in [0.717, 1.165) is 0 Å². The van der Waals surface area contributed by atoms with Gasteiger partial charge in [0.1, 0.15) is 12.2 Å². The molecule has 0 aliphatic carbocycles. The van der Waals surface area contributed by atoms with Gasteiger partial charge >= 0.3 is 17.9 Å². The zero-order valence-corrected chi connectivity index (χ0v) is 23.2. The number of hydrogen-bond donors (Lipinski definition) is 4. The Balaban J connectivity index is 1.88. The zero-order valence-electron chi connectivity index (χ0n) is 23.2. The maximum absolute atomic E-state index is 12.6. The summed E-state index contributed by atoms with van der Waals surface area (Å²) in [5.74, 6) is -2.43. The summed E-state index contributed by atoms with van der Waals surface area (Å²) in [7, 11) is 0. The van der Waals surface area contributed by atoms with E-state index in [2.05, 4.69) is 0 Å². The minimum atomic E-state index is -0.958. The van der Waals surface area contributed by atoms with Crippen molar-refractivity contribution in [3.8, 4) is 0 Å². The molecule has 0 aromatic carbocycles. The third-order valence-electron chi connectivity index (χ3n) is 6.82. The van der Waals surface area contributed by atoms with Gasteiger partial charge in [0.15, 0.2) is 18.7 Å². The molecule has 2 fully saturated rings. The number of ether oxygens (including phenoxy) is 6. The molecular formula is C26H45NO12. The molecule has 0 radical (unpaired) electrons. The molecule has 2 unspecified atom stereocenters. The summed E-state index contributed by atoms with van der Waals surface area (Å²) < 4.78 is 34.0. The molecule has 10 atom stereocenters. The standard InChI is InChI=1S/C26H45NO12/c1-14(13-27)24(33)39-20-12-21(26(37-17(20)4)35-15(2)8-9-22(30)31)38-23(32)7-5-6-10-34-25-19(29)11-18(28)16(3)36-25/h14-21,25-26,28-29H,5-13,27H2,1-4H3,(H,30,31)/t14-,15-,16?,17?,18-,19+,20-,21+,25-,26-/m1/s1. The molecule has 226 valence electrons. The van der Waals surface area contributed by atoms with Crippen LogP contribution in [0.1, 0.15) is 72.6 Å². The largest absolute Gasteiger partial charge is 0.481 e. The Hall–Kier alpha value is -1.87. The number of carbonyl (C=O) groups is 3. The number of carbonyl (C=O) groups excluding carboxylic acids is 2. The molecule has 39 heavy (non-hydrogen) atoms. The normalized spacial score (nSPS) is 32.7. The fraction of sp³-hybridized carbons (Fsp3) is 0.885. The van der Waals surface area contributed by atoms with Crippen molar-refractivity contribution in [3.05, 3.63) is 0 Å². The van der Waals surface area contributed by atoms with Gasteiger partial charge in [-0.3, -0.25) is 14.4 Å². The van der Waals surface area contributed by atoms with E-state index in [1.807, 2.05) is 0 Å². The van der Waals surface area contributed by atoms with Crippen LogP contribution in [0.25, 0.3) is 0 Å². The van der Waals surface area contributed by atoms with Gasteiger partial charge in [-0.1, -0.05) is 6.92 Å². The molecule has 13 nitrogen and oxygen atoms in total. The van der Waals surface area contributed by atoms with Crippen LogP contribution >= 0.6 is 0 Å². The van der Waals surface area contributed by atoms with Crippen LogP contribution in [-0.4, -0.2) is 102 Å². The van der Waals surface area contributed by atoms with Crippen molar-refractivity contribution in [2.45, 2.75) is 128 Å². The summed E-state index contributed by atoms with van der Waals surface area (Å²) in [5.41, 5.74) is 5.56. The lowest BCUT2D eigenvalue weighted by Crippen LogP contribution is -2.51. The quantitative estimate of drug-likeness (QED) is 0.162. The minimum absolute atomic E-state index is 0.0779. The molecule has 2 rings (SSSR count). The number of carboxylic acids is 1. The van der Waals surface area contributed by atoms with Gasteiger partial charge in [0.05, 0.1) is 30.3 Å². The van der Waals surface area contributed by atoms with Gasteiger partial charge in [-0.2, -0.15) is 0 Å². The van der Waals surface area contributed by atoms with Gasteiger partial charge in [0.25, 0.3) is 0 Å². The molecular weight excluding hydrogens is 518 g/mol. The lowest BCUT2D eigenvalue weighted by Gasteiger charge is -2.40. The number of unbranched alkanes of at least 4 members (excludes halogenated alkanes) is 1. The van der Waals surface area contributed by atoms with Crippen LogP contribution in [0.4, 0.5) is 0 Å². The Morgan fingerprint density at radius 1 is 0.923 bits per heavy atom. The highest BCUT2D eigenvalue weighted by atomic mass is 16.7. The first-order chi connectivity index (χ1) is 18.4. The van der Waals surface area contributed by atoms with E-state index >= 15 is 0 Å². The Labute approximate surface area is 229 Å². The molecule has 0 aromatic rings. The average Bonchev–Trinajstić information content (AvgIpc) is 2.87. The number of aliphatic hydroxyl groups excluding tert-OH is 2.